The number of carbonyl (C=O) groups excluding carboxylic acids is 2. The summed E-state index contributed by atoms with van der Waals surface area (Å²) < 4.78 is 25.1. The highest BCUT2D eigenvalue weighted by atomic mass is 19.1. The van der Waals surface area contributed by atoms with Crippen molar-refractivity contribution < 1.29 is 23.5 Å². The maximum Gasteiger partial charge on any atom is 0.238 e. The number of nitrogens with zero attached hydrogens (tertiary/aromatic N) is 2. The molecule has 1 saturated carbocycles. The summed E-state index contributed by atoms with van der Waals surface area (Å²) in [5.74, 6) is 0.639. The summed E-state index contributed by atoms with van der Waals surface area (Å²) in [5.41, 5.74) is 1.12. The highest BCUT2D eigenvalue weighted by molar-refractivity contribution is 5.93. The molecule has 2 amide bonds. The van der Waals surface area contributed by atoms with E-state index in [1.54, 1.807) is 46.2 Å². The van der Waals surface area contributed by atoms with Gasteiger partial charge in [0.25, 0.3) is 0 Å². The van der Waals surface area contributed by atoms with Crippen LogP contribution in [0.5, 0.6) is 11.5 Å². The summed E-state index contributed by atoms with van der Waals surface area (Å²) in [4.78, 5) is 29.1. The monoisotopic (exact) mass is 441 g/mol. The van der Waals surface area contributed by atoms with E-state index in [0.717, 1.165) is 12.8 Å². The van der Waals surface area contributed by atoms with Crippen LogP contribution >= 0.6 is 0 Å². The molecule has 8 heteroatoms. The van der Waals surface area contributed by atoms with Crippen molar-refractivity contribution >= 4 is 17.5 Å². The van der Waals surface area contributed by atoms with Crippen LogP contribution in [0.15, 0.2) is 42.5 Å². The molecule has 1 heterocycles. The van der Waals surface area contributed by atoms with Gasteiger partial charge in [0.2, 0.25) is 11.8 Å². The summed E-state index contributed by atoms with van der Waals surface area (Å²) in [6.07, 6.45) is 1.85. The number of carbonyl (C=O) groups is 2. The summed E-state index contributed by atoms with van der Waals surface area (Å²) in [7, 11) is 0. The Morgan fingerprint density at radius 1 is 1.06 bits per heavy atom. The van der Waals surface area contributed by atoms with Gasteiger partial charge in [-0.25, -0.2) is 4.39 Å². The Bertz CT molecular complexity index is 979. The molecule has 0 aromatic heterocycles. The summed E-state index contributed by atoms with van der Waals surface area (Å²) in [6.45, 7) is 3.86. The molecule has 1 aliphatic carbocycles. The zero-order chi connectivity index (χ0) is 22.5. The Kier molecular flexibility index (Phi) is 6.90. The molecule has 7 nitrogen and oxygen atoms in total. The van der Waals surface area contributed by atoms with E-state index < -0.39 is 0 Å². The van der Waals surface area contributed by atoms with Gasteiger partial charge in [0.05, 0.1) is 13.1 Å². The Morgan fingerprint density at radius 2 is 1.81 bits per heavy atom. The lowest BCUT2D eigenvalue weighted by Crippen LogP contribution is -2.43. The highest BCUT2D eigenvalue weighted by Crippen LogP contribution is 2.32. The third kappa shape index (κ3) is 5.56. The van der Waals surface area contributed by atoms with Crippen molar-refractivity contribution in [2.24, 2.45) is 0 Å². The number of fused-ring (bicyclic) bond motifs is 1. The second kappa shape index (κ2) is 9.99. The van der Waals surface area contributed by atoms with E-state index in [9.17, 15) is 14.0 Å². The minimum Gasteiger partial charge on any atom is -0.486 e. The van der Waals surface area contributed by atoms with Crippen molar-refractivity contribution in [1.29, 1.82) is 0 Å². The molecule has 170 valence electrons. The largest absolute Gasteiger partial charge is 0.486 e. The SMILES string of the molecule is CCN(CC(=O)Nc1ccc2c(c1)OCCO2)CC(=O)N(Cc1ccccc1F)C1CC1. The lowest BCUT2D eigenvalue weighted by Gasteiger charge is -2.27. The van der Waals surface area contributed by atoms with E-state index in [-0.39, 0.29) is 43.3 Å². The predicted molar refractivity (Wildman–Crippen MR) is 118 cm³/mol. The maximum atomic E-state index is 14.1. The van der Waals surface area contributed by atoms with Crippen LogP contribution < -0.4 is 14.8 Å². The average Bonchev–Trinajstić information content (AvgIpc) is 3.63. The van der Waals surface area contributed by atoms with Gasteiger partial charge in [-0.05, 0) is 37.6 Å². The molecule has 32 heavy (non-hydrogen) atoms. The molecule has 2 aliphatic rings. The van der Waals surface area contributed by atoms with Gasteiger partial charge < -0.3 is 19.7 Å². The molecule has 4 rings (SSSR count). The Balaban J connectivity index is 1.34. The summed E-state index contributed by atoms with van der Waals surface area (Å²) in [5, 5.41) is 2.85. The number of benzene rings is 2. The van der Waals surface area contributed by atoms with Gasteiger partial charge in [-0.1, -0.05) is 25.1 Å². The molecule has 1 N–H and O–H groups in total. The first-order valence-electron chi connectivity index (χ1n) is 11.0. The number of halogens is 1. The zero-order valence-corrected chi connectivity index (χ0v) is 18.2. The van der Waals surface area contributed by atoms with Gasteiger partial charge >= 0.3 is 0 Å². The Labute approximate surface area is 187 Å². The quantitative estimate of drug-likeness (QED) is 0.648. The van der Waals surface area contributed by atoms with Gasteiger partial charge in [-0.2, -0.15) is 0 Å². The first kappa shape index (κ1) is 22.1. The zero-order valence-electron chi connectivity index (χ0n) is 18.2. The lowest BCUT2D eigenvalue weighted by atomic mass is 10.2. The number of likely N-dealkylation sites (N-methyl/N-ethyl adjacent to an activating group) is 1. The number of hydrogen-bond acceptors (Lipinski definition) is 5. The fourth-order valence-corrected chi connectivity index (χ4v) is 3.70. The van der Waals surface area contributed by atoms with E-state index in [4.69, 9.17) is 9.47 Å². The maximum absolute atomic E-state index is 14.1. The van der Waals surface area contributed by atoms with E-state index in [2.05, 4.69) is 5.32 Å². The molecular formula is C24H28FN3O4. The van der Waals surface area contributed by atoms with Gasteiger partial charge in [0, 0.05) is 29.9 Å². The van der Waals surface area contributed by atoms with Crippen molar-refractivity contribution in [3.05, 3.63) is 53.8 Å². The molecule has 0 unspecified atom stereocenters. The number of nitrogens with one attached hydrogen (secondary N) is 1. The fourth-order valence-electron chi connectivity index (χ4n) is 3.70. The second-order valence-corrected chi connectivity index (χ2v) is 8.05. The first-order valence-corrected chi connectivity index (χ1v) is 11.0. The number of ether oxygens (including phenoxy) is 2. The highest BCUT2D eigenvalue weighted by Gasteiger charge is 2.33. The second-order valence-electron chi connectivity index (χ2n) is 8.05. The fraction of sp³-hybridized carbons (Fsp3) is 0.417. The molecular weight excluding hydrogens is 413 g/mol. The van der Waals surface area contributed by atoms with Gasteiger partial charge in [0.15, 0.2) is 11.5 Å². The molecule has 0 bridgehead atoms. The third-order valence-electron chi connectivity index (χ3n) is 5.61. The van der Waals surface area contributed by atoms with Gasteiger partial charge in [0.1, 0.15) is 19.0 Å². The molecule has 0 atom stereocenters. The predicted octanol–water partition coefficient (Wildman–Crippen LogP) is 3.05. The van der Waals surface area contributed by atoms with E-state index >= 15 is 0 Å². The molecule has 2 aromatic carbocycles. The Hall–Kier alpha value is -3.13. The molecule has 1 aliphatic heterocycles. The molecule has 2 aromatic rings. The van der Waals surface area contributed by atoms with Crippen LogP contribution in [0.2, 0.25) is 0 Å². The average molecular weight is 442 g/mol. The lowest BCUT2D eigenvalue weighted by molar-refractivity contribution is -0.134. The number of anilines is 1. The molecule has 0 spiro atoms. The standard InChI is InChI=1S/C24H28FN3O4/c1-2-27(15-23(29)26-18-7-10-21-22(13-18)32-12-11-31-21)16-24(30)28(19-8-9-19)14-17-5-3-4-6-20(17)25/h3-7,10,13,19H,2,8-9,11-12,14-16H2,1H3,(H,26,29). The van der Waals surface area contributed by atoms with Crippen LogP contribution in [-0.4, -0.2) is 60.5 Å². The van der Waals surface area contributed by atoms with E-state index in [1.807, 2.05) is 6.92 Å². The molecule has 1 fully saturated rings. The van der Waals surface area contributed by atoms with Crippen molar-refractivity contribution in [2.75, 3.05) is 38.2 Å². The van der Waals surface area contributed by atoms with Crippen molar-refractivity contribution in [3.8, 4) is 11.5 Å². The molecule has 0 radical (unpaired) electrons. The topological polar surface area (TPSA) is 71.1 Å². The van der Waals surface area contributed by atoms with Crippen LogP contribution in [0, 0.1) is 5.82 Å². The van der Waals surface area contributed by atoms with Crippen molar-refractivity contribution in [1.82, 2.24) is 9.80 Å². The van der Waals surface area contributed by atoms with Gasteiger partial charge in [-0.15, -0.1) is 0 Å². The Morgan fingerprint density at radius 3 is 2.53 bits per heavy atom. The smallest absolute Gasteiger partial charge is 0.238 e. The van der Waals surface area contributed by atoms with Crippen LogP contribution in [0.1, 0.15) is 25.3 Å². The van der Waals surface area contributed by atoms with Crippen molar-refractivity contribution in [2.45, 2.75) is 32.4 Å². The third-order valence-corrected chi connectivity index (χ3v) is 5.61. The number of hydrogen-bond donors (Lipinski definition) is 1. The van der Waals surface area contributed by atoms with Crippen LogP contribution in [-0.2, 0) is 16.1 Å². The first-order chi connectivity index (χ1) is 15.5. The minimum atomic E-state index is -0.308. The summed E-state index contributed by atoms with van der Waals surface area (Å²) in [6, 6.07) is 11.9. The van der Waals surface area contributed by atoms with E-state index in [1.165, 1.54) is 6.07 Å². The molecule has 0 saturated heterocycles. The van der Waals surface area contributed by atoms with Crippen LogP contribution in [0.3, 0.4) is 0 Å². The van der Waals surface area contributed by atoms with E-state index in [0.29, 0.717) is 42.5 Å². The number of amides is 2. The van der Waals surface area contributed by atoms with Crippen molar-refractivity contribution in [3.63, 3.8) is 0 Å². The minimum absolute atomic E-state index is 0.0783. The van der Waals surface area contributed by atoms with Crippen LogP contribution in [0.25, 0.3) is 0 Å². The van der Waals surface area contributed by atoms with Gasteiger partial charge in [-0.3, -0.25) is 14.5 Å². The van der Waals surface area contributed by atoms with Crippen LogP contribution in [0.4, 0.5) is 10.1 Å². The number of rotatable bonds is 9. The normalized spacial score (nSPS) is 14.8. The summed E-state index contributed by atoms with van der Waals surface area (Å²) >= 11 is 0.